The summed E-state index contributed by atoms with van der Waals surface area (Å²) >= 11 is 0. The van der Waals surface area contributed by atoms with Crippen molar-refractivity contribution in [3.05, 3.63) is 60.2 Å². The van der Waals surface area contributed by atoms with Gasteiger partial charge in [0, 0.05) is 11.3 Å². The SMILES string of the molecule is CC(C)(C)C(=O)Oc1ccc(C(=O)Nc2ccccc2)cc1. The highest BCUT2D eigenvalue weighted by Crippen LogP contribution is 2.20. The van der Waals surface area contributed by atoms with Gasteiger partial charge in [0.15, 0.2) is 0 Å². The van der Waals surface area contributed by atoms with Crippen molar-refractivity contribution in [2.24, 2.45) is 5.41 Å². The molecule has 0 atom stereocenters. The number of anilines is 1. The molecule has 0 radical (unpaired) electrons. The van der Waals surface area contributed by atoms with E-state index in [2.05, 4.69) is 5.32 Å². The molecule has 0 saturated heterocycles. The minimum Gasteiger partial charge on any atom is -0.426 e. The Kier molecular flexibility index (Phi) is 4.61. The maximum absolute atomic E-state index is 12.1. The molecule has 0 heterocycles. The summed E-state index contributed by atoms with van der Waals surface area (Å²) in [5.41, 5.74) is 0.666. The number of carbonyl (C=O) groups excluding carboxylic acids is 2. The van der Waals surface area contributed by atoms with Crippen LogP contribution < -0.4 is 10.1 Å². The zero-order valence-corrected chi connectivity index (χ0v) is 12.9. The van der Waals surface area contributed by atoms with Crippen molar-refractivity contribution in [1.29, 1.82) is 0 Å². The highest BCUT2D eigenvalue weighted by Gasteiger charge is 2.23. The predicted molar refractivity (Wildman–Crippen MR) is 85.9 cm³/mol. The van der Waals surface area contributed by atoms with E-state index in [1.54, 1.807) is 45.0 Å². The summed E-state index contributed by atoms with van der Waals surface area (Å²) < 4.78 is 5.26. The van der Waals surface area contributed by atoms with E-state index in [1.807, 2.05) is 30.3 Å². The van der Waals surface area contributed by atoms with E-state index in [-0.39, 0.29) is 11.9 Å². The number of hydrogen-bond donors (Lipinski definition) is 1. The number of benzene rings is 2. The van der Waals surface area contributed by atoms with E-state index in [9.17, 15) is 9.59 Å². The summed E-state index contributed by atoms with van der Waals surface area (Å²) in [6, 6.07) is 15.7. The van der Waals surface area contributed by atoms with Crippen molar-refractivity contribution in [3.8, 4) is 5.75 Å². The number of rotatable bonds is 3. The van der Waals surface area contributed by atoms with Crippen LogP contribution >= 0.6 is 0 Å². The smallest absolute Gasteiger partial charge is 0.316 e. The van der Waals surface area contributed by atoms with Gasteiger partial charge in [-0.05, 0) is 57.2 Å². The van der Waals surface area contributed by atoms with Gasteiger partial charge in [-0.25, -0.2) is 0 Å². The number of hydrogen-bond acceptors (Lipinski definition) is 3. The topological polar surface area (TPSA) is 55.4 Å². The molecule has 2 aromatic carbocycles. The molecule has 0 aliphatic carbocycles. The average molecular weight is 297 g/mol. The van der Waals surface area contributed by atoms with Crippen LogP contribution in [0.2, 0.25) is 0 Å². The van der Waals surface area contributed by atoms with E-state index in [0.29, 0.717) is 11.3 Å². The van der Waals surface area contributed by atoms with Crippen LogP contribution in [0.25, 0.3) is 0 Å². The van der Waals surface area contributed by atoms with Gasteiger partial charge in [0.2, 0.25) is 0 Å². The highest BCUT2D eigenvalue weighted by atomic mass is 16.5. The first kappa shape index (κ1) is 15.8. The molecule has 0 saturated carbocycles. The molecule has 0 aliphatic heterocycles. The molecule has 1 N–H and O–H groups in total. The van der Waals surface area contributed by atoms with Crippen LogP contribution in [-0.2, 0) is 4.79 Å². The van der Waals surface area contributed by atoms with Crippen LogP contribution in [0.15, 0.2) is 54.6 Å². The number of para-hydroxylation sites is 1. The molecule has 2 rings (SSSR count). The molecule has 4 heteroatoms. The van der Waals surface area contributed by atoms with E-state index < -0.39 is 5.41 Å². The Morgan fingerprint density at radius 1 is 0.909 bits per heavy atom. The molecule has 0 aliphatic rings. The molecule has 2 aromatic rings. The maximum Gasteiger partial charge on any atom is 0.316 e. The molecule has 0 bridgehead atoms. The highest BCUT2D eigenvalue weighted by molar-refractivity contribution is 6.04. The van der Waals surface area contributed by atoms with Crippen LogP contribution in [0, 0.1) is 5.41 Å². The fourth-order valence-electron chi connectivity index (χ4n) is 1.66. The Bertz CT molecular complexity index is 655. The Balaban J connectivity index is 2.03. The molecule has 22 heavy (non-hydrogen) atoms. The molecular weight excluding hydrogens is 278 g/mol. The quantitative estimate of drug-likeness (QED) is 0.690. The first-order valence-corrected chi connectivity index (χ1v) is 7.05. The number of esters is 1. The molecule has 0 spiro atoms. The minimum atomic E-state index is -0.566. The lowest BCUT2D eigenvalue weighted by Crippen LogP contribution is -2.25. The van der Waals surface area contributed by atoms with Gasteiger partial charge in [0.05, 0.1) is 5.41 Å². The normalized spacial score (nSPS) is 10.9. The van der Waals surface area contributed by atoms with Crippen molar-refractivity contribution in [1.82, 2.24) is 0 Å². The molecule has 0 unspecified atom stereocenters. The first-order valence-electron chi connectivity index (χ1n) is 7.05. The van der Waals surface area contributed by atoms with Crippen LogP contribution in [0.1, 0.15) is 31.1 Å². The van der Waals surface area contributed by atoms with Crippen LogP contribution in [0.5, 0.6) is 5.75 Å². The third-order valence-corrected chi connectivity index (χ3v) is 2.97. The lowest BCUT2D eigenvalue weighted by atomic mass is 9.97. The van der Waals surface area contributed by atoms with Crippen molar-refractivity contribution in [2.45, 2.75) is 20.8 Å². The molecule has 114 valence electrons. The fourth-order valence-corrected chi connectivity index (χ4v) is 1.66. The van der Waals surface area contributed by atoms with Crippen LogP contribution in [-0.4, -0.2) is 11.9 Å². The largest absolute Gasteiger partial charge is 0.426 e. The fraction of sp³-hybridized carbons (Fsp3) is 0.222. The van der Waals surface area contributed by atoms with E-state index in [0.717, 1.165) is 5.69 Å². The van der Waals surface area contributed by atoms with Crippen LogP contribution in [0.3, 0.4) is 0 Å². The maximum atomic E-state index is 12.1. The second kappa shape index (κ2) is 6.43. The monoisotopic (exact) mass is 297 g/mol. The Morgan fingerprint density at radius 2 is 1.50 bits per heavy atom. The lowest BCUT2D eigenvalue weighted by molar-refractivity contribution is -0.142. The van der Waals surface area contributed by atoms with Gasteiger partial charge in [0.1, 0.15) is 5.75 Å². The van der Waals surface area contributed by atoms with Gasteiger partial charge in [-0.15, -0.1) is 0 Å². The second-order valence-electron chi connectivity index (χ2n) is 5.98. The Hall–Kier alpha value is -2.62. The molecule has 4 nitrogen and oxygen atoms in total. The average Bonchev–Trinajstić information content (AvgIpc) is 2.48. The van der Waals surface area contributed by atoms with E-state index >= 15 is 0 Å². The lowest BCUT2D eigenvalue weighted by Gasteiger charge is -2.16. The molecular formula is C18H19NO3. The van der Waals surface area contributed by atoms with Gasteiger partial charge < -0.3 is 10.1 Å². The Labute approximate surface area is 130 Å². The van der Waals surface area contributed by atoms with Crippen molar-refractivity contribution in [3.63, 3.8) is 0 Å². The zero-order chi connectivity index (χ0) is 16.2. The number of ether oxygens (including phenoxy) is 1. The third kappa shape index (κ3) is 4.19. The van der Waals surface area contributed by atoms with Crippen molar-refractivity contribution >= 4 is 17.6 Å². The minimum absolute atomic E-state index is 0.208. The van der Waals surface area contributed by atoms with Crippen molar-refractivity contribution < 1.29 is 14.3 Å². The van der Waals surface area contributed by atoms with Gasteiger partial charge in [0.25, 0.3) is 5.91 Å². The zero-order valence-electron chi connectivity index (χ0n) is 12.9. The van der Waals surface area contributed by atoms with Crippen LogP contribution in [0.4, 0.5) is 5.69 Å². The summed E-state index contributed by atoms with van der Waals surface area (Å²) in [5, 5.41) is 2.80. The third-order valence-electron chi connectivity index (χ3n) is 2.97. The van der Waals surface area contributed by atoms with Crippen molar-refractivity contribution in [2.75, 3.05) is 5.32 Å². The summed E-state index contributed by atoms with van der Waals surface area (Å²) in [4.78, 5) is 23.9. The summed E-state index contributed by atoms with van der Waals surface area (Å²) in [5.74, 6) is -0.0925. The van der Waals surface area contributed by atoms with Gasteiger partial charge in [-0.2, -0.15) is 0 Å². The predicted octanol–water partition coefficient (Wildman–Crippen LogP) is 3.89. The summed E-state index contributed by atoms with van der Waals surface area (Å²) in [6.07, 6.45) is 0. The second-order valence-corrected chi connectivity index (χ2v) is 5.98. The number of amides is 1. The van der Waals surface area contributed by atoms with E-state index in [1.165, 1.54) is 0 Å². The molecule has 0 fully saturated rings. The summed E-state index contributed by atoms with van der Waals surface area (Å²) in [7, 11) is 0. The molecule has 1 amide bonds. The first-order chi connectivity index (χ1) is 10.4. The van der Waals surface area contributed by atoms with Gasteiger partial charge in [-0.3, -0.25) is 9.59 Å². The summed E-state index contributed by atoms with van der Waals surface area (Å²) in [6.45, 7) is 5.37. The standard InChI is InChI=1S/C18H19NO3/c1-18(2,3)17(21)22-15-11-9-13(10-12-15)16(20)19-14-7-5-4-6-8-14/h4-12H,1-3H3,(H,19,20). The van der Waals surface area contributed by atoms with E-state index in [4.69, 9.17) is 4.74 Å². The number of carbonyl (C=O) groups is 2. The number of nitrogens with one attached hydrogen (secondary N) is 1. The Morgan fingerprint density at radius 3 is 2.05 bits per heavy atom. The molecule has 0 aromatic heterocycles. The van der Waals surface area contributed by atoms with Gasteiger partial charge in [-0.1, -0.05) is 18.2 Å². The van der Waals surface area contributed by atoms with Gasteiger partial charge >= 0.3 is 5.97 Å².